The third kappa shape index (κ3) is 2.93. The number of aromatic nitrogens is 2. The Kier molecular flexibility index (Phi) is 3.92. The number of para-hydroxylation sites is 2. The van der Waals surface area contributed by atoms with Crippen molar-refractivity contribution in [3.63, 3.8) is 0 Å². The van der Waals surface area contributed by atoms with Crippen molar-refractivity contribution in [3.8, 4) is 0 Å². The lowest BCUT2D eigenvalue weighted by atomic mass is 10.0. The summed E-state index contributed by atoms with van der Waals surface area (Å²) in [6.07, 6.45) is 2.84. The molecule has 2 aromatic rings. The van der Waals surface area contributed by atoms with Crippen LogP contribution in [-0.4, -0.2) is 44.7 Å². The standard InChI is InChI=1S/C16H21N3O2/c1-12(20)13-6-8-18(10-13)16(21)7-9-19-11-17-14-4-2-3-5-15(14)19/h2-5,11-13,20H,6-10H2,1H3. The lowest BCUT2D eigenvalue weighted by Crippen LogP contribution is -2.30. The van der Waals surface area contributed by atoms with E-state index in [0.717, 1.165) is 24.0 Å². The van der Waals surface area contributed by atoms with Crippen LogP contribution >= 0.6 is 0 Å². The third-order valence-corrected chi connectivity index (χ3v) is 4.35. The highest BCUT2D eigenvalue weighted by Gasteiger charge is 2.28. The molecule has 2 atom stereocenters. The largest absolute Gasteiger partial charge is 0.393 e. The van der Waals surface area contributed by atoms with Gasteiger partial charge in [0.1, 0.15) is 0 Å². The number of aliphatic hydroxyl groups excluding tert-OH is 1. The number of aliphatic hydroxyl groups is 1. The Morgan fingerprint density at radius 2 is 2.29 bits per heavy atom. The minimum absolute atomic E-state index is 0.163. The van der Waals surface area contributed by atoms with E-state index in [2.05, 4.69) is 4.98 Å². The lowest BCUT2D eigenvalue weighted by Gasteiger charge is -2.18. The van der Waals surface area contributed by atoms with E-state index in [0.29, 0.717) is 19.5 Å². The Morgan fingerprint density at radius 1 is 1.48 bits per heavy atom. The van der Waals surface area contributed by atoms with Gasteiger partial charge >= 0.3 is 0 Å². The SMILES string of the molecule is CC(O)C1CCN(C(=O)CCn2cnc3ccccc32)C1. The molecule has 112 valence electrons. The Hall–Kier alpha value is -1.88. The summed E-state index contributed by atoms with van der Waals surface area (Å²) in [5, 5.41) is 9.60. The van der Waals surface area contributed by atoms with E-state index in [1.165, 1.54) is 0 Å². The minimum Gasteiger partial charge on any atom is -0.393 e. The second-order valence-corrected chi connectivity index (χ2v) is 5.81. The molecule has 1 N–H and O–H groups in total. The van der Waals surface area contributed by atoms with Crippen molar-refractivity contribution in [2.45, 2.75) is 32.4 Å². The molecular weight excluding hydrogens is 266 g/mol. The summed E-state index contributed by atoms with van der Waals surface area (Å²) in [6, 6.07) is 7.94. The predicted molar refractivity (Wildman–Crippen MR) is 80.7 cm³/mol. The lowest BCUT2D eigenvalue weighted by molar-refractivity contribution is -0.130. The molecule has 1 aliphatic rings. The molecule has 1 saturated heterocycles. The van der Waals surface area contributed by atoms with Gasteiger partial charge in [-0.2, -0.15) is 0 Å². The number of nitrogens with zero attached hydrogens (tertiary/aromatic N) is 3. The van der Waals surface area contributed by atoms with Crippen molar-refractivity contribution < 1.29 is 9.90 Å². The normalized spacial score (nSPS) is 20.1. The number of fused-ring (bicyclic) bond motifs is 1. The monoisotopic (exact) mass is 287 g/mol. The molecule has 21 heavy (non-hydrogen) atoms. The molecular formula is C16H21N3O2. The van der Waals surface area contributed by atoms with E-state index in [4.69, 9.17) is 0 Å². The summed E-state index contributed by atoms with van der Waals surface area (Å²) in [7, 11) is 0. The Labute approximate surface area is 124 Å². The fourth-order valence-electron chi connectivity index (χ4n) is 2.97. The van der Waals surface area contributed by atoms with Crippen LogP contribution in [0.2, 0.25) is 0 Å². The molecule has 1 fully saturated rings. The molecule has 0 radical (unpaired) electrons. The number of carbonyl (C=O) groups excluding carboxylic acids is 1. The first-order chi connectivity index (χ1) is 10.1. The smallest absolute Gasteiger partial charge is 0.224 e. The topological polar surface area (TPSA) is 58.4 Å². The maximum atomic E-state index is 12.3. The molecule has 1 aromatic heterocycles. The van der Waals surface area contributed by atoms with Crippen LogP contribution < -0.4 is 0 Å². The van der Waals surface area contributed by atoms with Gasteiger partial charge in [0, 0.05) is 32.0 Å². The van der Waals surface area contributed by atoms with Crippen LogP contribution in [0.3, 0.4) is 0 Å². The predicted octanol–water partition coefficient (Wildman–Crippen LogP) is 1.66. The first-order valence-corrected chi connectivity index (χ1v) is 7.51. The fraction of sp³-hybridized carbons (Fsp3) is 0.500. The van der Waals surface area contributed by atoms with Crippen molar-refractivity contribution in [2.24, 2.45) is 5.92 Å². The number of hydrogen-bond donors (Lipinski definition) is 1. The molecule has 5 nitrogen and oxygen atoms in total. The van der Waals surface area contributed by atoms with Gasteiger partial charge in [-0.05, 0) is 25.5 Å². The van der Waals surface area contributed by atoms with E-state index >= 15 is 0 Å². The fourth-order valence-corrected chi connectivity index (χ4v) is 2.97. The number of likely N-dealkylation sites (tertiary alicyclic amines) is 1. The van der Waals surface area contributed by atoms with Crippen LogP contribution in [0, 0.1) is 5.92 Å². The number of hydrogen-bond acceptors (Lipinski definition) is 3. The van der Waals surface area contributed by atoms with Gasteiger partial charge in [-0.25, -0.2) is 4.98 Å². The molecule has 2 heterocycles. The zero-order valence-corrected chi connectivity index (χ0v) is 12.3. The zero-order chi connectivity index (χ0) is 14.8. The van der Waals surface area contributed by atoms with Gasteiger partial charge in [0.25, 0.3) is 0 Å². The van der Waals surface area contributed by atoms with Crippen molar-refractivity contribution in [2.75, 3.05) is 13.1 Å². The number of rotatable bonds is 4. The molecule has 0 spiro atoms. The minimum atomic E-state index is -0.333. The zero-order valence-electron chi connectivity index (χ0n) is 12.3. The van der Waals surface area contributed by atoms with Gasteiger partial charge in [0.15, 0.2) is 0 Å². The first-order valence-electron chi connectivity index (χ1n) is 7.51. The van der Waals surface area contributed by atoms with Crippen LogP contribution in [0.5, 0.6) is 0 Å². The number of aryl methyl sites for hydroxylation is 1. The number of amides is 1. The van der Waals surface area contributed by atoms with Gasteiger partial charge in [0.05, 0.1) is 23.5 Å². The summed E-state index contributed by atoms with van der Waals surface area (Å²) in [4.78, 5) is 18.5. The molecule has 0 aliphatic carbocycles. The van der Waals surface area contributed by atoms with E-state index in [9.17, 15) is 9.90 Å². The van der Waals surface area contributed by atoms with E-state index in [1.807, 2.05) is 33.7 Å². The number of carbonyl (C=O) groups is 1. The molecule has 0 saturated carbocycles. The molecule has 1 amide bonds. The molecule has 3 rings (SSSR count). The van der Waals surface area contributed by atoms with Gasteiger partial charge in [0.2, 0.25) is 5.91 Å². The van der Waals surface area contributed by atoms with E-state index in [-0.39, 0.29) is 17.9 Å². The summed E-state index contributed by atoms with van der Waals surface area (Å²) < 4.78 is 2.02. The highest BCUT2D eigenvalue weighted by atomic mass is 16.3. The second-order valence-electron chi connectivity index (χ2n) is 5.81. The number of benzene rings is 1. The van der Waals surface area contributed by atoms with E-state index in [1.54, 1.807) is 13.3 Å². The average molecular weight is 287 g/mol. The molecule has 2 unspecified atom stereocenters. The Bertz CT molecular complexity index is 635. The highest BCUT2D eigenvalue weighted by Crippen LogP contribution is 2.20. The highest BCUT2D eigenvalue weighted by molar-refractivity contribution is 5.77. The Balaban J connectivity index is 1.59. The van der Waals surface area contributed by atoms with Crippen LogP contribution in [0.15, 0.2) is 30.6 Å². The summed E-state index contributed by atoms with van der Waals surface area (Å²) in [5.74, 6) is 0.388. The van der Waals surface area contributed by atoms with Crippen LogP contribution in [0.25, 0.3) is 11.0 Å². The van der Waals surface area contributed by atoms with Crippen LogP contribution in [0.4, 0.5) is 0 Å². The van der Waals surface area contributed by atoms with Crippen molar-refractivity contribution >= 4 is 16.9 Å². The van der Waals surface area contributed by atoms with Gasteiger partial charge in [-0.1, -0.05) is 12.1 Å². The van der Waals surface area contributed by atoms with E-state index < -0.39 is 0 Å². The first kappa shape index (κ1) is 14.1. The second kappa shape index (κ2) is 5.85. The summed E-state index contributed by atoms with van der Waals surface area (Å²) >= 11 is 0. The van der Waals surface area contributed by atoms with Crippen molar-refractivity contribution in [1.29, 1.82) is 0 Å². The van der Waals surface area contributed by atoms with Gasteiger partial charge in [-0.15, -0.1) is 0 Å². The maximum absolute atomic E-state index is 12.3. The average Bonchev–Trinajstić information content (AvgIpc) is 3.12. The molecule has 1 aromatic carbocycles. The van der Waals surface area contributed by atoms with Crippen molar-refractivity contribution in [1.82, 2.24) is 14.5 Å². The van der Waals surface area contributed by atoms with Crippen LogP contribution in [-0.2, 0) is 11.3 Å². The maximum Gasteiger partial charge on any atom is 0.224 e. The molecule has 5 heteroatoms. The van der Waals surface area contributed by atoms with Crippen LogP contribution in [0.1, 0.15) is 19.8 Å². The quantitative estimate of drug-likeness (QED) is 0.930. The molecule has 1 aliphatic heterocycles. The van der Waals surface area contributed by atoms with Gasteiger partial charge < -0.3 is 14.6 Å². The summed E-state index contributed by atoms with van der Waals surface area (Å²) in [6.45, 7) is 3.89. The third-order valence-electron chi connectivity index (χ3n) is 4.35. The number of imidazole rings is 1. The summed E-state index contributed by atoms with van der Waals surface area (Å²) in [5.41, 5.74) is 2.02. The van der Waals surface area contributed by atoms with Crippen molar-refractivity contribution in [3.05, 3.63) is 30.6 Å². The molecule has 0 bridgehead atoms. The Morgan fingerprint density at radius 3 is 3.05 bits per heavy atom. The van der Waals surface area contributed by atoms with Gasteiger partial charge in [-0.3, -0.25) is 4.79 Å².